The number of allylic oxidation sites excluding steroid dienone is 2. The van der Waals surface area contributed by atoms with E-state index in [2.05, 4.69) is 20.8 Å². The van der Waals surface area contributed by atoms with Crippen LogP contribution in [-0.4, -0.2) is 11.1 Å². The molecule has 1 N–H and O–H groups in total. The van der Waals surface area contributed by atoms with Crippen molar-refractivity contribution in [1.82, 2.24) is 0 Å². The van der Waals surface area contributed by atoms with Gasteiger partial charge in [0, 0.05) is 6.42 Å². The average molecular weight is 359 g/mol. The van der Waals surface area contributed by atoms with E-state index in [1.54, 1.807) is 0 Å². The highest BCUT2D eigenvalue weighted by molar-refractivity contribution is 5.66. The van der Waals surface area contributed by atoms with Crippen LogP contribution in [-0.2, 0) is 4.79 Å². The van der Waals surface area contributed by atoms with Crippen LogP contribution in [0.15, 0.2) is 11.1 Å². The minimum absolute atomic E-state index is 0.335. The summed E-state index contributed by atoms with van der Waals surface area (Å²) in [5, 5.41) is 9.09. The molecule has 0 spiro atoms. The first-order valence-electron chi connectivity index (χ1n) is 11.3. The van der Waals surface area contributed by atoms with Gasteiger partial charge in [0.15, 0.2) is 0 Å². The minimum atomic E-state index is -0.633. The fourth-order valence-corrected chi connectivity index (χ4v) is 8.03. The summed E-state index contributed by atoms with van der Waals surface area (Å²) in [7, 11) is 0. The normalized spacial score (nSPS) is 43.4. The summed E-state index contributed by atoms with van der Waals surface area (Å²) in [6.45, 7) is 7.49. The summed E-state index contributed by atoms with van der Waals surface area (Å²) >= 11 is 0. The lowest BCUT2D eigenvalue weighted by Crippen LogP contribution is -2.46. The van der Waals surface area contributed by atoms with E-state index >= 15 is 0 Å². The second-order valence-corrected chi connectivity index (χ2v) is 10.6. The molecule has 3 fully saturated rings. The number of carboxylic acid groups (broad SMARTS) is 1. The first-order chi connectivity index (χ1) is 12.4. The fraction of sp³-hybridized carbons (Fsp3) is 0.875. The molecule has 0 heterocycles. The van der Waals surface area contributed by atoms with Crippen molar-refractivity contribution in [2.75, 3.05) is 0 Å². The van der Waals surface area contributed by atoms with E-state index in [-0.39, 0.29) is 0 Å². The summed E-state index contributed by atoms with van der Waals surface area (Å²) in [5.41, 5.74) is 4.66. The first-order valence-corrected chi connectivity index (χ1v) is 11.3. The Morgan fingerprint density at radius 2 is 1.92 bits per heavy atom. The van der Waals surface area contributed by atoms with Gasteiger partial charge in [0.05, 0.1) is 0 Å². The van der Waals surface area contributed by atoms with Gasteiger partial charge < -0.3 is 5.11 Å². The van der Waals surface area contributed by atoms with Crippen molar-refractivity contribution in [2.24, 2.45) is 34.5 Å². The molecule has 0 aliphatic heterocycles. The van der Waals surface area contributed by atoms with Crippen LogP contribution < -0.4 is 0 Å². The molecule has 0 radical (unpaired) electrons. The van der Waals surface area contributed by atoms with E-state index < -0.39 is 5.97 Å². The van der Waals surface area contributed by atoms with Crippen LogP contribution >= 0.6 is 0 Å². The van der Waals surface area contributed by atoms with Crippen LogP contribution in [0.5, 0.6) is 0 Å². The molecule has 0 saturated heterocycles. The molecule has 2 nitrogen and oxygen atoms in total. The third-order valence-electron chi connectivity index (χ3n) is 9.48. The number of fused-ring (bicyclic) bond motifs is 4. The van der Waals surface area contributed by atoms with Crippen LogP contribution in [0.4, 0.5) is 0 Å². The van der Waals surface area contributed by atoms with E-state index in [4.69, 9.17) is 5.11 Å². The Labute approximate surface area is 159 Å². The molecule has 0 aromatic heterocycles. The van der Waals surface area contributed by atoms with Crippen molar-refractivity contribution in [3.8, 4) is 0 Å². The lowest BCUT2D eigenvalue weighted by Gasteiger charge is -2.56. The molecule has 0 amide bonds. The van der Waals surface area contributed by atoms with Gasteiger partial charge in [-0.1, -0.05) is 44.8 Å². The Bertz CT molecular complexity index is 605. The Morgan fingerprint density at radius 3 is 2.69 bits per heavy atom. The largest absolute Gasteiger partial charge is 0.481 e. The van der Waals surface area contributed by atoms with E-state index in [1.165, 1.54) is 64.2 Å². The van der Waals surface area contributed by atoms with Gasteiger partial charge >= 0.3 is 5.97 Å². The maximum Gasteiger partial charge on any atom is 0.303 e. The smallest absolute Gasteiger partial charge is 0.303 e. The predicted molar refractivity (Wildman–Crippen MR) is 106 cm³/mol. The summed E-state index contributed by atoms with van der Waals surface area (Å²) in [6.07, 6.45) is 15.1. The molecule has 0 aromatic rings. The summed E-state index contributed by atoms with van der Waals surface area (Å²) in [6, 6.07) is 0. The molecule has 2 heteroatoms. The highest BCUT2D eigenvalue weighted by Gasteiger charge is 2.54. The van der Waals surface area contributed by atoms with Gasteiger partial charge in [-0.15, -0.1) is 0 Å². The average Bonchev–Trinajstić information content (AvgIpc) is 2.96. The molecule has 0 aromatic carbocycles. The van der Waals surface area contributed by atoms with Crippen LogP contribution in [0.1, 0.15) is 97.8 Å². The SMILES string of the molecule is CC(CCC(=O)O)[C@H]1CCC2=C3CC[C@@H]4CCCC[C@]4(C)C3CC[C@@]21C. The van der Waals surface area contributed by atoms with E-state index in [0.717, 1.165) is 18.3 Å². The van der Waals surface area contributed by atoms with Crippen molar-refractivity contribution in [1.29, 1.82) is 0 Å². The lowest BCUT2D eigenvalue weighted by molar-refractivity contribution is -0.137. The van der Waals surface area contributed by atoms with E-state index in [0.29, 0.717) is 29.1 Å². The van der Waals surface area contributed by atoms with Crippen molar-refractivity contribution in [2.45, 2.75) is 97.8 Å². The third kappa shape index (κ3) is 2.78. The van der Waals surface area contributed by atoms with Gasteiger partial charge in [-0.05, 0) is 92.3 Å². The minimum Gasteiger partial charge on any atom is -0.481 e. The van der Waals surface area contributed by atoms with Gasteiger partial charge in [0.25, 0.3) is 0 Å². The molecule has 4 rings (SSSR count). The van der Waals surface area contributed by atoms with E-state index in [1.807, 2.05) is 11.1 Å². The molecule has 0 bridgehead atoms. The van der Waals surface area contributed by atoms with E-state index in [9.17, 15) is 4.79 Å². The molecule has 2 unspecified atom stereocenters. The standard InChI is InChI=1S/C24H38O2/c1-16(7-12-22(25)26)19-10-11-20-18-9-8-17-6-4-5-14-23(17,2)21(18)13-15-24(19,20)3/h16-17,19,21H,4-15H2,1-3H3,(H,25,26)/t16?,17-,19+,21?,23-,24+/m0/s1. The number of hydrogen-bond donors (Lipinski definition) is 1. The van der Waals surface area contributed by atoms with Crippen molar-refractivity contribution >= 4 is 5.97 Å². The second-order valence-electron chi connectivity index (χ2n) is 10.6. The summed E-state index contributed by atoms with van der Waals surface area (Å²) < 4.78 is 0. The zero-order chi connectivity index (χ0) is 18.5. The fourth-order valence-electron chi connectivity index (χ4n) is 8.03. The Kier molecular flexibility index (Phi) is 4.77. The predicted octanol–water partition coefficient (Wildman–Crippen LogP) is 6.60. The van der Waals surface area contributed by atoms with Gasteiger partial charge in [-0.25, -0.2) is 0 Å². The van der Waals surface area contributed by atoms with Crippen molar-refractivity contribution in [3.05, 3.63) is 11.1 Å². The lowest BCUT2D eigenvalue weighted by atomic mass is 9.49. The molecule has 6 atom stereocenters. The van der Waals surface area contributed by atoms with Crippen LogP contribution in [0.3, 0.4) is 0 Å². The number of hydrogen-bond acceptors (Lipinski definition) is 1. The highest BCUT2D eigenvalue weighted by Crippen LogP contribution is 2.65. The Morgan fingerprint density at radius 1 is 1.12 bits per heavy atom. The number of rotatable bonds is 4. The zero-order valence-electron chi connectivity index (χ0n) is 17.2. The maximum absolute atomic E-state index is 11.0. The summed E-state index contributed by atoms with van der Waals surface area (Å²) in [5.74, 6) is 2.43. The number of aliphatic carboxylic acids is 1. The number of carboxylic acids is 1. The molecule has 3 saturated carbocycles. The second kappa shape index (κ2) is 6.67. The Balaban J connectivity index is 1.60. The Hall–Kier alpha value is -0.790. The number of carbonyl (C=O) groups is 1. The summed E-state index contributed by atoms with van der Waals surface area (Å²) in [4.78, 5) is 11.0. The first kappa shape index (κ1) is 18.6. The molecular weight excluding hydrogens is 320 g/mol. The van der Waals surface area contributed by atoms with Gasteiger partial charge in [-0.3, -0.25) is 4.79 Å². The van der Waals surface area contributed by atoms with Crippen molar-refractivity contribution in [3.63, 3.8) is 0 Å². The highest BCUT2D eigenvalue weighted by atomic mass is 16.4. The third-order valence-corrected chi connectivity index (χ3v) is 9.48. The molecule has 4 aliphatic rings. The van der Waals surface area contributed by atoms with Gasteiger partial charge in [0.2, 0.25) is 0 Å². The monoisotopic (exact) mass is 358 g/mol. The molecule has 4 aliphatic carbocycles. The zero-order valence-corrected chi connectivity index (χ0v) is 17.2. The molecule has 26 heavy (non-hydrogen) atoms. The van der Waals surface area contributed by atoms with Crippen molar-refractivity contribution < 1.29 is 9.90 Å². The quantitative estimate of drug-likeness (QED) is 0.575. The van der Waals surface area contributed by atoms with Crippen LogP contribution in [0.25, 0.3) is 0 Å². The molecule has 146 valence electrons. The van der Waals surface area contributed by atoms with Crippen LogP contribution in [0.2, 0.25) is 0 Å². The van der Waals surface area contributed by atoms with Gasteiger partial charge in [0.1, 0.15) is 0 Å². The maximum atomic E-state index is 11.0. The molecular formula is C24H38O2. The van der Waals surface area contributed by atoms with Crippen LogP contribution in [0, 0.1) is 34.5 Å². The van der Waals surface area contributed by atoms with Gasteiger partial charge in [-0.2, -0.15) is 0 Å². The topological polar surface area (TPSA) is 37.3 Å².